The average molecular weight is 400 g/mol. The highest BCUT2D eigenvalue weighted by atomic mass is 35.5. The molecule has 3 aliphatic rings. The number of halogens is 2. The van der Waals surface area contributed by atoms with Gasteiger partial charge in [0, 0.05) is 50.2 Å². The van der Waals surface area contributed by atoms with E-state index in [0.717, 1.165) is 39.2 Å². The van der Waals surface area contributed by atoms with Crippen LogP contribution in [0.2, 0.25) is 10.0 Å². The van der Waals surface area contributed by atoms with Crippen molar-refractivity contribution in [3.05, 3.63) is 27.7 Å². The van der Waals surface area contributed by atoms with Crippen LogP contribution in [0.5, 0.6) is 5.75 Å². The number of carbonyl (C=O) groups excluding carboxylic acids is 1. The highest BCUT2D eigenvalue weighted by Gasteiger charge is 2.42. The van der Waals surface area contributed by atoms with Gasteiger partial charge in [0.1, 0.15) is 5.75 Å². The van der Waals surface area contributed by atoms with Crippen molar-refractivity contribution in [3.8, 4) is 5.75 Å². The normalized spacial score (nSPS) is 29.8. The molecule has 1 aromatic rings. The second kappa shape index (κ2) is 7.52. The van der Waals surface area contributed by atoms with Crippen LogP contribution in [0.4, 0.5) is 0 Å². The van der Waals surface area contributed by atoms with Gasteiger partial charge in [-0.3, -0.25) is 9.69 Å². The van der Waals surface area contributed by atoms with Crippen molar-refractivity contribution in [1.82, 2.24) is 15.1 Å². The molecule has 3 saturated heterocycles. The van der Waals surface area contributed by atoms with Gasteiger partial charge in [0.2, 0.25) is 5.91 Å². The number of piperazine rings is 1. The number of nitrogens with zero attached hydrogens (tertiary/aromatic N) is 2. The van der Waals surface area contributed by atoms with Crippen molar-refractivity contribution < 1.29 is 14.6 Å². The van der Waals surface area contributed by atoms with Crippen LogP contribution in [0.1, 0.15) is 17.9 Å². The summed E-state index contributed by atoms with van der Waals surface area (Å²) in [6, 6.07) is 3.30. The molecule has 3 atom stereocenters. The Morgan fingerprint density at radius 3 is 2.92 bits per heavy atom. The third-order valence-electron chi connectivity index (χ3n) is 5.55. The summed E-state index contributed by atoms with van der Waals surface area (Å²) in [6.07, 6.45) is 0.909. The zero-order valence-corrected chi connectivity index (χ0v) is 16.0. The minimum absolute atomic E-state index is 0.00250. The molecule has 3 aliphatic heterocycles. The predicted molar refractivity (Wildman–Crippen MR) is 100 cm³/mol. The Labute approximate surface area is 163 Å². The second-order valence-electron chi connectivity index (χ2n) is 7.32. The zero-order valence-electron chi connectivity index (χ0n) is 14.5. The van der Waals surface area contributed by atoms with Crippen molar-refractivity contribution in [1.29, 1.82) is 0 Å². The SMILES string of the molecule is O=C1CN(C[C@@H]2CNCCO2)C[C@@H]2C[C@H](c3c(O)ccc(Cl)c3Cl)CN12. The Kier molecular flexibility index (Phi) is 5.30. The number of aromatic hydroxyl groups is 1. The highest BCUT2D eigenvalue weighted by molar-refractivity contribution is 6.42. The van der Waals surface area contributed by atoms with Crippen LogP contribution in [0.3, 0.4) is 0 Å². The molecule has 2 N–H and O–H groups in total. The van der Waals surface area contributed by atoms with Crippen LogP contribution in [-0.4, -0.2) is 78.8 Å². The molecule has 0 unspecified atom stereocenters. The lowest BCUT2D eigenvalue weighted by Gasteiger charge is -2.39. The maximum Gasteiger partial charge on any atom is 0.237 e. The maximum absolute atomic E-state index is 12.6. The van der Waals surface area contributed by atoms with Gasteiger partial charge in [-0.05, 0) is 18.6 Å². The molecular formula is C18H23Cl2N3O3. The fraction of sp³-hybridized carbons (Fsp3) is 0.611. The Balaban J connectivity index is 1.46. The van der Waals surface area contributed by atoms with E-state index in [1.165, 1.54) is 0 Å². The monoisotopic (exact) mass is 399 g/mol. The van der Waals surface area contributed by atoms with E-state index in [1.54, 1.807) is 12.1 Å². The number of nitrogens with one attached hydrogen (secondary N) is 1. The molecule has 0 spiro atoms. The molecule has 1 aromatic carbocycles. The summed E-state index contributed by atoms with van der Waals surface area (Å²) in [5, 5.41) is 14.4. The lowest BCUT2D eigenvalue weighted by Crippen LogP contribution is -2.56. The minimum Gasteiger partial charge on any atom is -0.508 e. The minimum atomic E-state index is 0.00250. The molecular weight excluding hydrogens is 377 g/mol. The molecule has 142 valence electrons. The number of phenols is 1. The Hall–Kier alpha value is -1.05. The summed E-state index contributed by atoms with van der Waals surface area (Å²) in [7, 11) is 0. The molecule has 3 fully saturated rings. The maximum atomic E-state index is 12.6. The first-order valence-electron chi connectivity index (χ1n) is 9.04. The van der Waals surface area contributed by atoms with Gasteiger partial charge >= 0.3 is 0 Å². The summed E-state index contributed by atoms with van der Waals surface area (Å²) in [5.41, 5.74) is 0.660. The number of carbonyl (C=O) groups is 1. The first-order valence-corrected chi connectivity index (χ1v) is 9.79. The van der Waals surface area contributed by atoms with Crippen LogP contribution >= 0.6 is 23.2 Å². The Morgan fingerprint density at radius 2 is 2.15 bits per heavy atom. The number of ether oxygens (including phenoxy) is 1. The molecule has 4 rings (SSSR count). The number of hydrogen-bond donors (Lipinski definition) is 2. The molecule has 8 heteroatoms. The van der Waals surface area contributed by atoms with E-state index in [1.807, 2.05) is 4.90 Å². The lowest BCUT2D eigenvalue weighted by molar-refractivity contribution is -0.138. The van der Waals surface area contributed by atoms with E-state index < -0.39 is 0 Å². The standard InChI is InChI=1S/C18H23Cl2N3O3/c19-14-1-2-15(24)17(18(14)20)11-5-12-8-22(10-16(25)23(12)7-11)9-13-6-21-3-4-26-13/h1-2,11-13,21,24H,3-10H2/t11-,12-,13-/m0/s1. The van der Waals surface area contributed by atoms with Crippen molar-refractivity contribution in [2.24, 2.45) is 0 Å². The smallest absolute Gasteiger partial charge is 0.237 e. The molecule has 6 nitrogen and oxygen atoms in total. The average Bonchev–Trinajstić information content (AvgIpc) is 3.04. The first kappa shape index (κ1) is 18.3. The summed E-state index contributed by atoms with van der Waals surface area (Å²) in [4.78, 5) is 16.8. The third-order valence-corrected chi connectivity index (χ3v) is 6.37. The van der Waals surface area contributed by atoms with E-state index in [4.69, 9.17) is 27.9 Å². The van der Waals surface area contributed by atoms with E-state index in [9.17, 15) is 9.90 Å². The fourth-order valence-corrected chi connectivity index (χ4v) is 4.84. The van der Waals surface area contributed by atoms with Gasteiger partial charge in [0.05, 0.1) is 29.3 Å². The van der Waals surface area contributed by atoms with E-state index in [0.29, 0.717) is 28.7 Å². The Bertz CT molecular complexity index is 697. The first-order chi connectivity index (χ1) is 12.5. The third kappa shape index (κ3) is 3.53. The number of phenolic OH excluding ortho intramolecular Hbond substituents is 1. The quantitative estimate of drug-likeness (QED) is 0.809. The molecule has 0 aliphatic carbocycles. The van der Waals surface area contributed by atoms with Gasteiger partial charge in [-0.1, -0.05) is 23.2 Å². The number of morpholine rings is 1. The molecule has 0 radical (unpaired) electrons. The van der Waals surface area contributed by atoms with Gasteiger partial charge < -0.3 is 20.1 Å². The molecule has 0 saturated carbocycles. The highest BCUT2D eigenvalue weighted by Crippen LogP contribution is 2.43. The van der Waals surface area contributed by atoms with Gasteiger partial charge in [-0.25, -0.2) is 0 Å². The molecule has 3 heterocycles. The van der Waals surface area contributed by atoms with Crippen molar-refractivity contribution in [3.63, 3.8) is 0 Å². The summed E-state index contributed by atoms with van der Waals surface area (Å²) in [5.74, 6) is 0.281. The van der Waals surface area contributed by atoms with Gasteiger partial charge in [0.25, 0.3) is 0 Å². The predicted octanol–water partition coefficient (Wildman–Crippen LogP) is 1.69. The fourth-order valence-electron chi connectivity index (χ4n) is 4.36. The van der Waals surface area contributed by atoms with Gasteiger partial charge in [-0.2, -0.15) is 0 Å². The van der Waals surface area contributed by atoms with E-state index in [-0.39, 0.29) is 29.7 Å². The van der Waals surface area contributed by atoms with Crippen LogP contribution < -0.4 is 5.32 Å². The number of hydrogen-bond acceptors (Lipinski definition) is 5. The summed E-state index contributed by atoms with van der Waals surface area (Å²) >= 11 is 12.5. The van der Waals surface area contributed by atoms with E-state index in [2.05, 4.69) is 10.2 Å². The molecule has 0 bridgehead atoms. The molecule has 26 heavy (non-hydrogen) atoms. The number of amides is 1. The number of fused-ring (bicyclic) bond motifs is 1. The van der Waals surface area contributed by atoms with Gasteiger partial charge in [0.15, 0.2) is 0 Å². The van der Waals surface area contributed by atoms with Crippen LogP contribution in [0.15, 0.2) is 12.1 Å². The van der Waals surface area contributed by atoms with Gasteiger partial charge in [-0.15, -0.1) is 0 Å². The second-order valence-corrected chi connectivity index (χ2v) is 8.10. The van der Waals surface area contributed by atoms with Crippen molar-refractivity contribution in [2.45, 2.75) is 24.5 Å². The summed E-state index contributed by atoms with van der Waals surface area (Å²) in [6.45, 7) is 5.00. The van der Waals surface area contributed by atoms with Crippen molar-refractivity contribution >= 4 is 29.1 Å². The lowest BCUT2D eigenvalue weighted by atomic mass is 9.95. The van der Waals surface area contributed by atoms with Crippen LogP contribution in [0, 0.1) is 0 Å². The van der Waals surface area contributed by atoms with E-state index >= 15 is 0 Å². The Morgan fingerprint density at radius 1 is 1.31 bits per heavy atom. The van der Waals surface area contributed by atoms with Crippen LogP contribution in [-0.2, 0) is 9.53 Å². The largest absolute Gasteiger partial charge is 0.508 e. The topological polar surface area (TPSA) is 65.0 Å². The van der Waals surface area contributed by atoms with Crippen LogP contribution in [0.25, 0.3) is 0 Å². The van der Waals surface area contributed by atoms with Crippen molar-refractivity contribution in [2.75, 3.05) is 45.9 Å². The number of benzene rings is 1. The number of rotatable bonds is 3. The molecule has 1 amide bonds. The zero-order chi connectivity index (χ0) is 18.3. The summed E-state index contributed by atoms with van der Waals surface area (Å²) < 4.78 is 5.77. The molecule has 0 aromatic heterocycles.